The highest BCUT2D eigenvalue weighted by molar-refractivity contribution is 5.65. The molecule has 1 heteroatoms. The number of hydrogen-bond acceptors (Lipinski definition) is 1. The summed E-state index contributed by atoms with van der Waals surface area (Å²) in [5, 5.41) is 3.58. The van der Waals surface area contributed by atoms with E-state index in [2.05, 4.69) is 109 Å². The van der Waals surface area contributed by atoms with Gasteiger partial charge in [-0.05, 0) is 76.9 Å². The van der Waals surface area contributed by atoms with Gasteiger partial charge in [0.15, 0.2) is 0 Å². The van der Waals surface area contributed by atoms with Crippen molar-refractivity contribution in [1.82, 2.24) is 5.32 Å². The molecule has 0 saturated heterocycles. The van der Waals surface area contributed by atoms with Gasteiger partial charge in [-0.3, -0.25) is 0 Å². The molecule has 0 bridgehead atoms. The lowest BCUT2D eigenvalue weighted by Crippen LogP contribution is -2.20. The van der Waals surface area contributed by atoms with E-state index in [-0.39, 0.29) is 5.41 Å². The fourth-order valence-corrected chi connectivity index (χ4v) is 5.23. The third kappa shape index (κ3) is 6.19. The third-order valence-electron chi connectivity index (χ3n) is 8.14. The SMILES string of the molecule is C=C(NC1=CC=C(/C(=C\C(C)C(C)(C)C)C(=C)C(C)[C@@H]2CCC[C@H]2C)C1)c1cccc(C)c1. The predicted octanol–water partition coefficient (Wildman–Crippen LogP) is 9.01. The van der Waals surface area contributed by atoms with Crippen LogP contribution in [0.15, 0.2) is 78.1 Å². The second-order valence-corrected chi connectivity index (χ2v) is 11.7. The van der Waals surface area contributed by atoms with E-state index in [9.17, 15) is 0 Å². The van der Waals surface area contributed by atoms with E-state index in [1.54, 1.807) is 0 Å². The molecule has 2 aliphatic carbocycles. The van der Waals surface area contributed by atoms with Gasteiger partial charge in [0, 0.05) is 17.8 Å². The zero-order valence-corrected chi connectivity index (χ0v) is 22.1. The van der Waals surface area contributed by atoms with Crippen LogP contribution in [-0.2, 0) is 0 Å². The summed E-state index contributed by atoms with van der Waals surface area (Å²) in [5.41, 5.74) is 8.87. The molecule has 1 aromatic carbocycles. The Kier molecular flexibility index (Phi) is 7.93. The van der Waals surface area contributed by atoms with Crippen molar-refractivity contribution < 1.29 is 0 Å². The molecule has 0 aromatic heterocycles. The standard InChI is InChI=1S/C32H45N/c1-21-12-10-14-27(18-21)26(6)33-29-17-16-28(20-29)31(19-23(3)32(7,8)9)25(5)24(4)30-15-11-13-22(30)2/h10,12,14,16-19,22-24,30,33H,5-6,11,13,15,20H2,1-4,7-9H3/b31-19-/t22-,23?,24?,30-/m1/s1. The summed E-state index contributed by atoms with van der Waals surface area (Å²) in [4.78, 5) is 0. The number of hydrogen-bond donors (Lipinski definition) is 1. The molecule has 1 saturated carbocycles. The summed E-state index contributed by atoms with van der Waals surface area (Å²) in [6.45, 7) is 25.3. The monoisotopic (exact) mass is 443 g/mol. The zero-order valence-electron chi connectivity index (χ0n) is 22.1. The minimum atomic E-state index is 0.225. The first kappa shape index (κ1) is 25.3. The molecule has 1 fully saturated rings. The van der Waals surface area contributed by atoms with Crippen LogP contribution in [-0.4, -0.2) is 0 Å². The van der Waals surface area contributed by atoms with E-state index in [0.29, 0.717) is 11.8 Å². The number of allylic oxidation sites excluding steroid dienone is 6. The van der Waals surface area contributed by atoms with Crippen molar-refractivity contribution in [3.63, 3.8) is 0 Å². The van der Waals surface area contributed by atoms with Gasteiger partial charge in [-0.1, -0.05) is 103 Å². The summed E-state index contributed by atoms with van der Waals surface area (Å²) >= 11 is 0. The van der Waals surface area contributed by atoms with Gasteiger partial charge in [0.25, 0.3) is 0 Å². The molecule has 0 radical (unpaired) electrons. The Bertz CT molecular complexity index is 978. The minimum Gasteiger partial charge on any atom is -0.359 e. The van der Waals surface area contributed by atoms with Gasteiger partial charge < -0.3 is 5.32 Å². The van der Waals surface area contributed by atoms with Crippen LogP contribution in [0.1, 0.15) is 78.4 Å². The van der Waals surface area contributed by atoms with Gasteiger partial charge in [0.2, 0.25) is 0 Å². The van der Waals surface area contributed by atoms with E-state index >= 15 is 0 Å². The quantitative estimate of drug-likeness (QED) is 0.395. The second-order valence-electron chi connectivity index (χ2n) is 11.7. The van der Waals surface area contributed by atoms with Crippen molar-refractivity contribution in [3.8, 4) is 0 Å². The molecule has 0 aliphatic heterocycles. The van der Waals surface area contributed by atoms with Crippen LogP contribution in [0.5, 0.6) is 0 Å². The number of aryl methyl sites for hydroxylation is 1. The number of benzene rings is 1. The molecule has 1 aromatic rings. The van der Waals surface area contributed by atoms with Crippen LogP contribution in [0, 0.1) is 36.0 Å². The van der Waals surface area contributed by atoms with E-state index in [4.69, 9.17) is 0 Å². The van der Waals surface area contributed by atoms with Crippen LogP contribution in [0.3, 0.4) is 0 Å². The lowest BCUT2D eigenvalue weighted by Gasteiger charge is -2.30. The largest absolute Gasteiger partial charge is 0.359 e. The first-order valence-corrected chi connectivity index (χ1v) is 12.8. The van der Waals surface area contributed by atoms with Gasteiger partial charge in [-0.2, -0.15) is 0 Å². The molecule has 1 N–H and O–H groups in total. The highest BCUT2D eigenvalue weighted by atomic mass is 14.9. The van der Waals surface area contributed by atoms with Crippen LogP contribution < -0.4 is 5.32 Å². The van der Waals surface area contributed by atoms with Gasteiger partial charge in [-0.15, -0.1) is 0 Å². The molecule has 2 aliphatic rings. The fraction of sp³-hybridized carbons (Fsp3) is 0.500. The van der Waals surface area contributed by atoms with Gasteiger partial charge >= 0.3 is 0 Å². The summed E-state index contributed by atoms with van der Waals surface area (Å²) in [5.74, 6) is 2.53. The Morgan fingerprint density at radius 1 is 1.12 bits per heavy atom. The average Bonchev–Trinajstić information content (AvgIpc) is 3.39. The Morgan fingerprint density at radius 2 is 1.85 bits per heavy atom. The molecule has 3 rings (SSSR count). The first-order valence-electron chi connectivity index (χ1n) is 12.8. The van der Waals surface area contributed by atoms with Crippen molar-refractivity contribution in [2.75, 3.05) is 0 Å². The molecule has 0 amide bonds. The molecule has 4 atom stereocenters. The fourth-order valence-electron chi connectivity index (χ4n) is 5.23. The molecule has 1 nitrogen and oxygen atoms in total. The van der Waals surface area contributed by atoms with E-state index in [1.807, 2.05) is 0 Å². The molecule has 0 heterocycles. The highest BCUT2D eigenvalue weighted by Gasteiger charge is 2.32. The lowest BCUT2D eigenvalue weighted by atomic mass is 9.75. The maximum atomic E-state index is 4.69. The summed E-state index contributed by atoms with van der Waals surface area (Å²) in [6.07, 6.45) is 12.0. The maximum absolute atomic E-state index is 4.69. The molecule has 33 heavy (non-hydrogen) atoms. The van der Waals surface area contributed by atoms with E-state index in [1.165, 1.54) is 47.2 Å². The van der Waals surface area contributed by atoms with E-state index in [0.717, 1.165) is 29.5 Å². The van der Waals surface area contributed by atoms with Crippen LogP contribution in [0.2, 0.25) is 0 Å². The smallest absolute Gasteiger partial charge is 0.0382 e. The van der Waals surface area contributed by atoms with Crippen molar-refractivity contribution >= 4 is 5.70 Å². The number of rotatable bonds is 8. The van der Waals surface area contributed by atoms with Crippen molar-refractivity contribution in [1.29, 1.82) is 0 Å². The van der Waals surface area contributed by atoms with E-state index < -0.39 is 0 Å². The lowest BCUT2D eigenvalue weighted by molar-refractivity contribution is 0.311. The Balaban J connectivity index is 1.78. The van der Waals surface area contributed by atoms with Gasteiger partial charge in [0.1, 0.15) is 0 Å². The predicted molar refractivity (Wildman–Crippen MR) is 146 cm³/mol. The van der Waals surface area contributed by atoms with Crippen molar-refractivity contribution in [3.05, 3.63) is 89.2 Å². The molecule has 0 spiro atoms. The molecular formula is C32H45N. The van der Waals surface area contributed by atoms with Gasteiger partial charge in [-0.25, -0.2) is 0 Å². The Labute approximate surface area is 203 Å². The topological polar surface area (TPSA) is 12.0 Å². The van der Waals surface area contributed by atoms with Gasteiger partial charge in [0.05, 0.1) is 0 Å². The van der Waals surface area contributed by atoms with Crippen LogP contribution in [0.4, 0.5) is 0 Å². The van der Waals surface area contributed by atoms with Crippen LogP contribution in [0.25, 0.3) is 5.70 Å². The van der Waals surface area contributed by atoms with Crippen LogP contribution >= 0.6 is 0 Å². The van der Waals surface area contributed by atoms with Crippen molar-refractivity contribution in [2.45, 2.75) is 74.1 Å². The second kappa shape index (κ2) is 10.3. The van der Waals surface area contributed by atoms with Crippen molar-refractivity contribution in [2.24, 2.45) is 29.1 Å². The Hall–Kier alpha value is -2.28. The summed E-state index contributed by atoms with van der Waals surface area (Å²) < 4.78 is 0. The molecule has 2 unspecified atom stereocenters. The molecular weight excluding hydrogens is 398 g/mol. The average molecular weight is 444 g/mol. The zero-order chi connectivity index (χ0) is 24.3. The summed E-state index contributed by atoms with van der Waals surface area (Å²) in [7, 11) is 0. The Morgan fingerprint density at radius 3 is 2.45 bits per heavy atom. The molecule has 178 valence electrons. The minimum absolute atomic E-state index is 0.225. The maximum Gasteiger partial charge on any atom is 0.0382 e. The third-order valence-corrected chi connectivity index (χ3v) is 8.14. The number of nitrogens with one attached hydrogen (secondary N) is 1. The first-order chi connectivity index (χ1) is 15.5. The normalized spacial score (nSPS) is 23.1. The summed E-state index contributed by atoms with van der Waals surface area (Å²) in [6, 6.07) is 8.52. The highest BCUT2D eigenvalue weighted by Crippen LogP contribution is 2.43.